The number of methoxy groups -OCH3 is 1. The number of aliphatic hydroxyl groups excluding tert-OH is 1. The van der Waals surface area contributed by atoms with Gasteiger partial charge in [-0.3, -0.25) is 4.57 Å². The van der Waals surface area contributed by atoms with Crippen molar-refractivity contribution < 1.29 is 33.7 Å². The van der Waals surface area contributed by atoms with Crippen molar-refractivity contribution in [1.82, 2.24) is 0 Å². The van der Waals surface area contributed by atoms with E-state index in [-0.39, 0.29) is 12.8 Å². The first-order valence-electron chi connectivity index (χ1n) is 7.81. The second-order valence-electron chi connectivity index (χ2n) is 6.52. The summed E-state index contributed by atoms with van der Waals surface area (Å²) in [5.41, 5.74) is -1.07. The van der Waals surface area contributed by atoms with E-state index in [4.69, 9.17) is 21.8 Å². The Kier molecular flexibility index (Phi) is 6.90. The van der Waals surface area contributed by atoms with Crippen LogP contribution in [0.1, 0.15) is 47.0 Å². The average Bonchev–Trinajstić information content (AvgIpc) is 2.71. The summed E-state index contributed by atoms with van der Waals surface area (Å²) < 4.78 is 28.4. The summed E-state index contributed by atoms with van der Waals surface area (Å²) in [4.78, 5) is 10.1. The van der Waals surface area contributed by atoms with E-state index in [9.17, 15) is 19.7 Å². The Balaban J connectivity index is 2.89. The Bertz CT molecular complexity index is 447. The molecule has 0 saturated carbocycles. The molecule has 1 aliphatic heterocycles. The van der Waals surface area contributed by atoms with Crippen LogP contribution in [0.3, 0.4) is 0 Å². The van der Waals surface area contributed by atoms with Gasteiger partial charge in [-0.25, -0.2) is 0 Å². The zero-order valence-electron chi connectivity index (χ0n) is 14.4. The van der Waals surface area contributed by atoms with Crippen molar-refractivity contribution in [2.45, 2.75) is 82.2 Å². The van der Waals surface area contributed by atoms with Crippen LogP contribution in [0.4, 0.5) is 0 Å². The molecule has 9 heteroatoms. The van der Waals surface area contributed by atoms with Crippen LogP contribution in [0, 0.1) is 0 Å². The lowest BCUT2D eigenvalue weighted by molar-refractivity contribution is -0.0458. The molecule has 1 fully saturated rings. The van der Waals surface area contributed by atoms with E-state index in [0.29, 0.717) is 6.42 Å². The minimum absolute atomic E-state index is 0.0692. The van der Waals surface area contributed by atoms with E-state index in [2.05, 4.69) is 0 Å². The molecule has 7 nitrogen and oxygen atoms in total. The Morgan fingerprint density at radius 1 is 1.30 bits per heavy atom. The van der Waals surface area contributed by atoms with Gasteiger partial charge in [-0.05, 0) is 26.7 Å². The van der Waals surface area contributed by atoms with Gasteiger partial charge >= 0.3 is 7.60 Å². The Hall–Kier alpha value is 0.0549. The minimum Gasteiger partial charge on any atom is -0.388 e. The number of ether oxygens (including phenoxy) is 2. The fraction of sp³-hybridized carbons (Fsp3) is 1.00. The van der Waals surface area contributed by atoms with Crippen LogP contribution in [0.25, 0.3) is 0 Å². The highest BCUT2D eigenvalue weighted by atomic mass is 31.2. The summed E-state index contributed by atoms with van der Waals surface area (Å²) in [5.74, 6) is 0. The molecule has 0 bridgehead atoms. The lowest BCUT2D eigenvalue weighted by atomic mass is 9.89. The molecule has 1 saturated heterocycles. The van der Waals surface area contributed by atoms with Crippen molar-refractivity contribution in [3.63, 3.8) is 0 Å². The van der Waals surface area contributed by atoms with Gasteiger partial charge in [0, 0.05) is 19.5 Å². The maximum absolute atomic E-state index is 12.4. The molecule has 7 atom stereocenters. The third-order valence-corrected chi connectivity index (χ3v) is 6.87. The normalized spacial score (nSPS) is 36.2. The summed E-state index contributed by atoms with van der Waals surface area (Å²) >= 11 is 0. The molecule has 0 aromatic heterocycles. The Morgan fingerprint density at radius 2 is 1.87 bits per heavy atom. The zero-order valence-corrected chi connectivity index (χ0v) is 15.3. The molecular weight excluding hydrogens is 322 g/mol. The van der Waals surface area contributed by atoms with Crippen LogP contribution in [-0.2, 0) is 18.6 Å². The van der Waals surface area contributed by atoms with E-state index in [1.165, 1.54) is 14.0 Å². The van der Waals surface area contributed by atoms with E-state index in [1.807, 2.05) is 0 Å². The summed E-state index contributed by atoms with van der Waals surface area (Å²) in [6, 6.07) is -0.777. The lowest BCUT2D eigenvalue weighted by Crippen LogP contribution is -2.40. The van der Waals surface area contributed by atoms with Gasteiger partial charge in [0.1, 0.15) is 20.1 Å². The van der Waals surface area contributed by atoms with Crippen molar-refractivity contribution in [1.29, 1.82) is 0 Å². The molecule has 23 heavy (non-hydrogen) atoms. The topological polar surface area (TPSA) is 105 Å². The highest BCUT2D eigenvalue weighted by molar-refractivity contribution is 7.54. The summed E-state index contributed by atoms with van der Waals surface area (Å²) in [6.07, 6.45) is -1.72. The van der Waals surface area contributed by atoms with Crippen molar-refractivity contribution >= 4 is 15.4 Å². The van der Waals surface area contributed by atoms with Gasteiger partial charge in [-0.2, -0.15) is 0 Å². The Morgan fingerprint density at radius 3 is 2.26 bits per heavy atom. The van der Waals surface area contributed by atoms with Gasteiger partial charge in [0.2, 0.25) is 0 Å². The molecule has 0 aromatic rings. The second-order valence-corrected chi connectivity index (χ2v) is 8.71. The SMILES string of the molecule is [B][C@@H]1O[C@H](CC(C)(CC)OP(=O)(O)[C@@](C)(O)CC)[C@@H](O)[C@H]1OC. The van der Waals surface area contributed by atoms with Crippen LogP contribution in [0.2, 0.25) is 0 Å². The maximum Gasteiger partial charge on any atom is 0.359 e. The maximum atomic E-state index is 12.4. The first kappa shape index (κ1) is 21.1. The standard InChI is InChI=1S/C14H28BO7P/c1-6-13(3,22-23(18,19)14(4,17)7-2)8-9-10(16)11(20-5)12(15)21-9/h9-12,16-17H,6-8H2,1-5H3,(H,18,19)/t9-,10-,11-,12-,13?,14-/m1/s1. The molecule has 2 radical (unpaired) electrons. The Labute approximate surface area is 139 Å². The highest BCUT2D eigenvalue weighted by Gasteiger charge is 2.49. The molecule has 0 spiro atoms. The first-order valence-corrected chi connectivity index (χ1v) is 9.38. The number of aliphatic hydroxyl groups is 2. The van der Waals surface area contributed by atoms with Crippen molar-refractivity contribution in [2.24, 2.45) is 0 Å². The quantitative estimate of drug-likeness (QED) is 0.445. The minimum atomic E-state index is -4.29. The van der Waals surface area contributed by atoms with Gasteiger partial charge < -0.3 is 29.1 Å². The molecular formula is C14H28BO7P. The lowest BCUT2D eigenvalue weighted by Gasteiger charge is -2.37. The molecule has 3 N–H and O–H groups in total. The summed E-state index contributed by atoms with van der Waals surface area (Å²) in [6.45, 7) is 6.29. The molecule has 134 valence electrons. The molecule has 1 aliphatic rings. The van der Waals surface area contributed by atoms with Crippen molar-refractivity contribution in [2.75, 3.05) is 7.11 Å². The smallest absolute Gasteiger partial charge is 0.359 e. The molecule has 1 heterocycles. The molecule has 2 unspecified atom stereocenters. The fourth-order valence-corrected chi connectivity index (χ4v) is 3.87. The summed E-state index contributed by atoms with van der Waals surface area (Å²) in [5, 5.41) is 18.5. The predicted molar refractivity (Wildman–Crippen MR) is 86.4 cm³/mol. The van der Waals surface area contributed by atoms with Crippen LogP contribution in [-0.4, -0.2) is 65.3 Å². The summed E-state index contributed by atoms with van der Waals surface area (Å²) in [7, 11) is 2.89. The van der Waals surface area contributed by atoms with E-state index in [1.54, 1.807) is 20.8 Å². The van der Waals surface area contributed by atoms with Crippen LogP contribution in [0.15, 0.2) is 0 Å². The molecule has 1 rings (SSSR count). The van der Waals surface area contributed by atoms with Crippen molar-refractivity contribution in [3.05, 3.63) is 0 Å². The molecule has 0 amide bonds. The van der Waals surface area contributed by atoms with Crippen LogP contribution in [0.5, 0.6) is 0 Å². The van der Waals surface area contributed by atoms with Crippen LogP contribution < -0.4 is 0 Å². The fourth-order valence-electron chi connectivity index (χ4n) is 2.48. The van der Waals surface area contributed by atoms with E-state index in [0.717, 1.165) is 0 Å². The van der Waals surface area contributed by atoms with Crippen molar-refractivity contribution in [3.8, 4) is 0 Å². The highest BCUT2D eigenvalue weighted by Crippen LogP contribution is 2.59. The van der Waals surface area contributed by atoms with E-state index >= 15 is 0 Å². The first-order chi connectivity index (χ1) is 10.4. The third-order valence-electron chi connectivity index (χ3n) is 4.65. The zero-order chi connectivity index (χ0) is 18.1. The number of hydrogen-bond acceptors (Lipinski definition) is 6. The van der Waals surface area contributed by atoms with Gasteiger partial charge in [-0.1, -0.05) is 13.8 Å². The number of hydrogen-bond donors (Lipinski definition) is 3. The monoisotopic (exact) mass is 350 g/mol. The average molecular weight is 350 g/mol. The second kappa shape index (κ2) is 7.52. The number of rotatable bonds is 8. The van der Waals surface area contributed by atoms with Gasteiger partial charge in [0.15, 0.2) is 5.34 Å². The largest absolute Gasteiger partial charge is 0.388 e. The van der Waals surface area contributed by atoms with Gasteiger partial charge in [0.25, 0.3) is 0 Å². The molecule has 0 aromatic carbocycles. The van der Waals surface area contributed by atoms with Crippen LogP contribution >= 0.6 is 7.60 Å². The predicted octanol–water partition coefficient (Wildman–Crippen LogP) is 1.13. The van der Waals surface area contributed by atoms with E-state index < -0.39 is 42.9 Å². The van der Waals surface area contributed by atoms with Gasteiger partial charge in [0.05, 0.1) is 11.7 Å². The van der Waals surface area contributed by atoms with Gasteiger partial charge in [-0.15, -0.1) is 0 Å². The third kappa shape index (κ3) is 4.57. The molecule has 0 aliphatic carbocycles.